The maximum absolute atomic E-state index is 11.5. The van der Waals surface area contributed by atoms with Crippen LogP contribution in [0, 0.1) is 13.8 Å². The van der Waals surface area contributed by atoms with Crippen LogP contribution in [0.1, 0.15) is 74.3 Å². The van der Waals surface area contributed by atoms with Crippen LogP contribution in [-0.2, 0) is 17.9 Å². The molecule has 0 spiro atoms. The van der Waals surface area contributed by atoms with E-state index in [1.54, 1.807) is 6.20 Å². The summed E-state index contributed by atoms with van der Waals surface area (Å²) in [6, 6.07) is 12.1. The highest BCUT2D eigenvalue weighted by Crippen LogP contribution is 2.36. The van der Waals surface area contributed by atoms with E-state index in [1.165, 1.54) is 54.3 Å². The maximum atomic E-state index is 11.5. The number of rotatable bonds is 20. The van der Waals surface area contributed by atoms with Crippen LogP contribution in [0.25, 0.3) is 5.57 Å². The molecule has 1 aliphatic rings. The fraction of sp³-hybridized carbons (Fsp3) is 0.429. The zero-order valence-electron chi connectivity index (χ0n) is 31.1. The van der Waals surface area contributed by atoms with E-state index < -0.39 is 0 Å². The Kier molecular flexibility index (Phi) is 16.1. The second kappa shape index (κ2) is 20.7. The molecule has 0 atom stereocenters. The Balaban J connectivity index is 1.48. The van der Waals surface area contributed by atoms with Gasteiger partial charge in [-0.05, 0) is 124 Å². The SMILES string of the molecule is C=CC(=O)NCCNCc1cc(Cl)c(OC/C(CC)=C(C)/C(=C\C)c2cccc(OCCCN3CCCC3)c2C)cc1OCc1cncc(C)c1. The molecule has 1 amide bonds. The predicted molar refractivity (Wildman–Crippen MR) is 209 cm³/mol. The van der Waals surface area contributed by atoms with Crippen molar-refractivity contribution in [2.24, 2.45) is 0 Å². The van der Waals surface area contributed by atoms with Crippen molar-refractivity contribution in [3.05, 3.63) is 112 Å². The minimum absolute atomic E-state index is 0.203. The van der Waals surface area contributed by atoms with Crippen LogP contribution in [0.5, 0.6) is 17.2 Å². The van der Waals surface area contributed by atoms with Crippen LogP contribution in [-0.4, -0.2) is 61.7 Å². The molecule has 1 aromatic heterocycles. The number of benzene rings is 2. The highest BCUT2D eigenvalue weighted by molar-refractivity contribution is 6.32. The van der Waals surface area contributed by atoms with Gasteiger partial charge in [0.15, 0.2) is 0 Å². The molecule has 51 heavy (non-hydrogen) atoms. The van der Waals surface area contributed by atoms with Gasteiger partial charge in [0.05, 0.1) is 11.6 Å². The fourth-order valence-electron chi connectivity index (χ4n) is 6.33. The number of aromatic nitrogens is 1. The van der Waals surface area contributed by atoms with E-state index in [9.17, 15) is 4.79 Å². The first kappa shape index (κ1) is 39.7. The summed E-state index contributed by atoms with van der Waals surface area (Å²) in [6.45, 7) is 20.6. The Morgan fingerprint density at radius 1 is 1.04 bits per heavy atom. The number of aryl methyl sites for hydroxylation is 1. The number of amides is 1. The normalized spacial score (nSPS) is 13.9. The van der Waals surface area contributed by atoms with Gasteiger partial charge in [-0.15, -0.1) is 0 Å². The first-order valence-corrected chi connectivity index (χ1v) is 18.5. The lowest BCUT2D eigenvalue weighted by Crippen LogP contribution is -2.30. The number of hydrogen-bond acceptors (Lipinski definition) is 7. The number of nitrogens with zero attached hydrogens (tertiary/aromatic N) is 2. The van der Waals surface area contributed by atoms with E-state index in [2.05, 4.69) is 85.1 Å². The van der Waals surface area contributed by atoms with E-state index in [0.29, 0.717) is 56.0 Å². The second-order valence-corrected chi connectivity index (χ2v) is 13.4. The van der Waals surface area contributed by atoms with Crippen LogP contribution in [0.3, 0.4) is 0 Å². The monoisotopic (exact) mass is 714 g/mol. The van der Waals surface area contributed by atoms with Crippen molar-refractivity contribution in [3.63, 3.8) is 0 Å². The number of hydrogen-bond donors (Lipinski definition) is 2. The van der Waals surface area contributed by atoms with E-state index in [1.807, 2.05) is 25.3 Å². The van der Waals surface area contributed by atoms with Gasteiger partial charge in [-0.25, -0.2) is 0 Å². The van der Waals surface area contributed by atoms with E-state index >= 15 is 0 Å². The summed E-state index contributed by atoms with van der Waals surface area (Å²) in [6.07, 6.45) is 11.5. The van der Waals surface area contributed by atoms with Crippen molar-refractivity contribution in [2.45, 2.75) is 73.5 Å². The standard InChI is InChI=1S/C42H55ClN4O4/c1-7-34(31(5)36(8-2)37-14-12-15-39(32(37)6)49-21-13-20-47-18-10-11-19-47)29-51-41-24-40(50-28-33-22-30(4)25-45-26-33)35(23-38(41)43)27-44-16-17-46-42(48)9-3/h8-9,12,14-15,22-26,44H,3,7,10-11,13,16-21,27-29H2,1-2,4-6H3,(H,46,48)/b34-31+,36-8+. The Morgan fingerprint density at radius 2 is 1.84 bits per heavy atom. The average Bonchev–Trinajstić information content (AvgIpc) is 3.65. The molecule has 0 aliphatic carbocycles. The molecule has 3 aromatic rings. The molecule has 0 saturated carbocycles. The van der Waals surface area contributed by atoms with Gasteiger partial charge in [-0.3, -0.25) is 9.78 Å². The zero-order chi connectivity index (χ0) is 36.6. The smallest absolute Gasteiger partial charge is 0.243 e. The van der Waals surface area contributed by atoms with Gasteiger partial charge < -0.3 is 29.7 Å². The van der Waals surface area contributed by atoms with E-state index in [0.717, 1.165) is 47.4 Å². The number of carbonyl (C=O) groups excluding carboxylic acids is 1. The number of ether oxygens (including phenoxy) is 3. The van der Waals surface area contributed by atoms with Gasteiger partial charge in [0.25, 0.3) is 0 Å². The molecule has 1 saturated heterocycles. The highest BCUT2D eigenvalue weighted by atomic mass is 35.5. The maximum Gasteiger partial charge on any atom is 0.243 e. The lowest BCUT2D eigenvalue weighted by atomic mass is 9.91. The molecule has 0 unspecified atom stereocenters. The van der Waals surface area contributed by atoms with Crippen molar-refractivity contribution in [1.82, 2.24) is 20.5 Å². The summed E-state index contributed by atoms with van der Waals surface area (Å²) in [5.41, 5.74) is 8.75. The molecule has 1 fully saturated rings. The van der Waals surface area contributed by atoms with Crippen LogP contribution < -0.4 is 24.8 Å². The molecule has 8 nitrogen and oxygen atoms in total. The largest absolute Gasteiger partial charge is 0.493 e. The van der Waals surface area contributed by atoms with E-state index in [4.69, 9.17) is 25.8 Å². The minimum Gasteiger partial charge on any atom is -0.493 e. The molecular formula is C42H55ClN4O4. The van der Waals surface area contributed by atoms with Gasteiger partial charge in [-0.1, -0.05) is 43.3 Å². The number of nitrogens with one attached hydrogen (secondary N) is 2. The third-order valence-corrected chi connectivity index (χ3v) is 9.54. The molecule has 0 bridgehead atoms. The first-order chi connectivity index (χ1) is 24.7. The first-order valence-electron chi connectivity index (χ1n) is 18.1. The lowest BCUT2D eigenvalue weighted by molar-refractivity contribution is -0.116. The third-order valence-electron chi connectivity index (χ3n) is 9.24. The van der Waals surface area contributed by atoms with Crippen LogP contribution in [0.2, 0.25) is 5.02 Å². The number of carbonyl (C=O) groups is 1. The fourth-order valence-corrected chi connectivity index (χ4v) is 6.57. The molecule has 274 valence electrons. The Bertz CT molecular complexity index is 1680. The molecule has 2 aromatic carbocycles. The van der Waals surface area contributed by atoms with Gasteiger partial charge in [0.1, 0.15) is 30.5 Å². The van der Waals surface area contributed by atoms with Gasteiger partial charge in [-0.2, -0.15) is 0 Å². The van der Waals surface area contributed by atoms with E-state index in [-0.39, 0.29) is 5.91 Å². The molecule has 2 N–H and O–H groups in total. The van der Waals surface area contributed by atoms with Crippen LogP contribution in [0.4, 0.5) is 0 Å². The molecule has 2 heterocycles. The summed E-state index contributed by atoms with van der Waals surface area (Å²) in [5, 5.41) is 6.63. The summed E-state index contributed by atoms with van der Waals surface area (Å²) in [7, 11) is 0. The topological polar surface area (TPSA) is 85.0 Å². The van der Waals surface area contributed by atoms with Crippen molar-refractivity contribution >= 4 is 23.1 Å². The summed E-state index contributed by atoms with van der Waals surface area (Å²) in [5.74, 6) is 1.95. The van der Waals surface area contributed by atoms with Crippen molar-refractivity contribution in [3.8, 4) is 17.2 Å². The average molecular weight is 715 g/mol. The summed E-state index contributed by atoms with van der Waals surface area (Å²) < 4.78 is 19.1. The summed E-state index contributed by atoms with van der Waals surface area (Å²) >= 11 is 6.83. The quantitative estimate of drug-likeness (QED) is 0.0691. The van der Waals surface area contributed by atoms with Crippen molar-refractivity contribution in [1.29, 1.82) is 0 Å². The van der Waals surface area contributed by atoms with Gasteiger partial charge >= 0.3 is 0 Å². The molecule has 0 radical (unpaired) electrons. The molecule has 1 aliphatic heterocycles. The third kappa shape index (κ3) is 12.0. The Morgan fingerprint density at radius 3 is 2.57 bits per heavy atom. The Hall–Kier alpha value is -4.11. The highest BCUT2D eigenvalue weighted by Gasteiger charge is 2.17. The predicted octanol–water partition coefficient (Wildman–Crippen LogP) is 8.40. The molecule has 9 heteroatoms. The summed E-state index contributed by atoms with van der Waals surface area (Å²) in [4.78, 5) is 18.3. The lowest BCUT2D eigenvalue weighted by Gasteiger charge is -2.20. The number of pyridine rings is 1. The second-order valence-electron chi connectivity index (χ2n) is 13.0. The molecule has 4 rings (SSSR count). The number of halogens is 1. The molecular weight excluding hydrogens is 660 g/mol. The minimum atomic E-state index is -0.203. The number of likely N-dealkylation sites (tertiary alicyclic amines) is 1. The Labute approximate surface area is 309 Å². The van der Waals surface area contributed by atoms with Gasteiger partial charge in [0, 0.05) is 55.8 Å². The van der Waals surface area contributed by atoms with Crippen LogP contribution in [0.15, 0.2) is 78.7 Å². The zero-order valence-corrected chi connectivity index (χ0v) is 31.8. The number of allylic oxidation sites excluding steroid dienone is 3. The van der Waals surface area contributed by atoms with Crippen LogP contribution >= 0.6 is 11.6 Å². The van der Waals surface area contributed by atoms with Gasteiger partial charge in [0.2, 0.25) is 5.91 Å². The van der Waals surface area contributed by atoms with Crippen molar-refractivity contribution in [2.75, 3.05) is 45.9 Å². The van der Waals surface area contributed by atoms with Crippen molar-refractivity contribution < 1.29 is 19.0 Å².